The lowest BCUT2D eigenvalue weighted by atomic mass is 9.98. The Balaban J connectivity index is 1.91. The molecule has 0 radical (unpaired) electrons. The lowest BCUT2D eigenvalue weighted by Gasteiger charge is -2.22. The molecule has 1 fully saturated rings. The van der Waals surface area contributed by atoms with E-state index >= 15 is 0 Å². The minimum atomic E-state index is 0.375. The van der Waals surface area contributed by atoms with Gasteiger partial charge in [0.15, 0.2) is 0 Å². The second-order valence-corrected chi connectivity index (χ2v) is 4.19. The van der Waals surface area contributed by atoms with E-state index < -0.39 is 0 Å². The molecule has 3 heteroatoms. The molecule has 0 aliphatic heterocycles. The molecule has 0 spiro atoms. The van der Waals surface area contributed by atoms with Gasteiger partial charge in [0.1, 0.15) is 11.8 Å². The second kappa shape index (κ2) is 5.62. The molecule has 1 aliphatic carbocycles. The number of pyridine rings is 1. The molecule has 0 N–H and O–H groups in total. The summed E-state index contributed by atoms with van der Waals surface area (Å²) in [7, 11) is 0. The minimum absolute atomic E-state index is 0.375. The molecule has 2 rings (SSSR count). The van der Waals surface area contributed by atoms with E-state index in [4.69, 9.17) is 10.00 Å². The van der Waals surface area contributed by atoms with Crippen LogP contribution in [-0.4, -0.2) is 11.1 Å². The highest BCUT2D eigenvalue weighted by Gasteiger charge is 2.14. The fourth-order valence-electron chi connectivity index (χ4n) is 2.10. The Hall–Kier alpha value is -1.40. The SMILES string of the molecule is N#Cc1ncccc1COC1CCCCC1. The fraction of sp³-hybridized carbons (Fsp3) is 0.538. The third-order valence-electron chi connectivity index (χ3n) is 3.02. The van der Waals surface area contributed by atoms with E-state index in [2.05, 4.69) is 11.1 Å². The summed E-state index contributed by atoms with van der Waals surface area (Å²) < 4.78 is 5.82. The number of aromatic nitrogens is 1. The zero-order valence-corrected chi connectivity index (χ0v) is 9.35. The number of hydrogen-bond acceptors (Lipinski definition) is 3. The van der Waals surface area contributed by atoms with Crippen LogP contribution in [0.2, 0.25) is 0 Å². The average Bonchev–Trinajstić information content (AvgIpc) is 2.38. The van der Waals surface area contributed by atoms with Crippen molar-refractivity contribution in [2.75, 3.05) is 0 Å². The first-order chi connectivity index (χ1) is 7.90. The molecule has 3 nitrogen and oxygen atoms in total. The zero-order valence-electron chi connectivity index (χ0n) is 9.35. The molecule has 1 heterocycles. The average molecular weight is 216 g/mol. The van der Waals surface area contributed by atoms with Crippen molar-refractivity contribution < 1.29 is 4.74 Å². The van der Waals surface area contributed by atoms with E-state index in [1.165, 1.54) is 19.3 Å². The van der Waals surface area contributed by atoms with Gasteiger partial charge in [0.2, 0.25) is 0 Å². The normalized spacial score (nSPS) is 16.9. The summed E-state index contributed by atoms with van der Waals surface area (Å²) in [6.07, 6.45) is 8.19. The summed E-state index contributed by atoms with van der Waals surface area (Å²) in [6, 6.07) is 5.85. The van der Waals surface area contributed by atoms with Crippen molar-refractivity contribution in [3.05, 3.63) is 29.6 Å². The molecular formula is C13H16N2O. The first-order valence-electron chi connectivity index (χ1n) is 5.86. The van der Waals surface area contributed by atoms with E-state index in [1.807, 2.05) is 12.1 Å². The van der Waals surface area contributed by atoms with Gasteiger partial charge in [-0.15, -0.1) is 0 Å². The zero-order chi connectivity index (χ0) is 11.2. The van der Waals surface area contributed by atoms with Gasteiger partial charge in [-0.3, -0.25) is 0 Å². The highest BCUT2D eigenvalue weighted by molar-refractivity contribution is 5.29. The van der Waals surface area contributed by atoms with Gasteiger partial charge in [0, 0.05) is 11.8 Å². The third-order valence-corrected chi connectivity index (χ3v) is 3.02. The molecule has 1 aromatic heterocycles. The molecular weight excluding hydrogens is 200 g/mol. The molecule has 0 aromatic carbocycles. The largest absolute Gasteiger partial charge is 0.373 e. The summed E-state index contributed by atoms with van der Waals surface area (Å²) in [5, 5.41) is 8.89. The van der Waals surface area contributed by atoms with Crippen molar-refractivity contribution in [1.29, 1.82) is 5.26 Å². The number of hydrogen-bond donors (Lipinski definition) is 0. The van der Waals surface area contributed by atoms with Crippen molar-refractivity contribution in [2.24, 2.45) is 0 Å². The van der Waals surface area contributed by atoms with Crippen molar-refractivity contribution >= 4 is 0 Å². The van der Waals surface area contributed by atoms with E-state index in [1.54, 1.807) is 6.20 Å². The first-order valence-corrected chi connectivity index (χ1v) is 5.86. The van der Waals surface area contributed by atoms with Crippen LogP contribution in [0.4, 0.5) is 0 Å². The second-order valence-electron chi connectivity index (χ2n) is 4.19. The van der Waals surface area contributed by atoms with Crippen LogP contribution in [0.5, 0.6) is 0 Å². The third kappa shape index (κ3) is 2.80. The monoisotopic (exact) mass is 216 g/mol. The van der Waals surface area contributed by atoms with Crippen LogP contribution in [0, 0.1) is 11.3 Å². The van der Waals surface area contributed by atoms with Gasteiger partial charge in [0.25, 0.3) is 0 Å². The Morgan fingerprint density at radius 1 is 1.38 bits per heavy atom. The van der Waals surface area contributed by atoms with Crippen LogP contribution < -0.4 is 0 Å². The quantitative estimate of drug-likeness (QED) is 0.780. The topological polar surface area (TPSA) is 45.9 Å². The molecule has 0 amide bonds. The summed E-state index contributed by atoms with van der Waals surface area (Å²) in [4.78, 5) is 4.02. The van der Waals surface area contributed by atoms with Crippen LogP contribution in [-0.2, 0) is 11.3 Å². The van der Waals surface area contributed by atoms with Gasteiger partial charge >= 0.3 is 0 Å². The van der Waals surface area contributed by atoms with Gasteiger partial charge < -0.3 is 4.74 Å². The van der Waals surface area contributed by atoms with Crippen LogP contribution in [0.1, 0.15) is 43.4 Å². The lowest BCUT2D eigenvalue weighted by molar-refractivity contribution is 0.0166. The maximum atomic E-state index is 8.89. The summed E-state index contributed by atoms with van der Waals surface area (Å²) in [6.45, 7) is 0.515. The lowest BCUT2D eigenvalue weighted by Crippen LogP contribution is -2.16. The molecule has 0 saturated heterocycles. The van der Waals surface area contributed by atoms with E-state index in [9.17, 15) is 0 Å². The number of nitrogens with zero attached hydrogens (tertiary/aromatic N) is 2. The number of nitriles is 1. The summed E-state index contributed by atoms with van der Waals surface area (Å²) >= 11 is 0. The van der Waals surface area contributed by atoms with Gasteiger partial charge in [-0.25, -0.2) is 4.98 Å². The molecule has 1 aromatic rings. The summed E-state index contributed by atoms with van der Waals surface area (Å²) in [5.74, 6) is 0. The molecule has 0 bridgehead atoms. The number of rotatable bonds is 3. The molecule has 16 heavy (non-hydrogen) atoms. The highest BCUT2D eigenvalue weighted by atomic mass is 16.5. The van der Waals surface area contributed by atoms with Gasteiger partial charge in [-0.05, 0) is 18.9 Å². The van der Waals surface area contributed by atoms with Crippen molar-refractivity contribution in [2.45, 2.75) is 44.8 Å². The summed E-state index contributed by atoms with van der Waals surface area (Å²) in [5.41, 5.74) is 1.38. The van der Waals surface area contributed by atoms with Crippen molar-refractivity contribution in [1.82, 2.24) is 4.98 Å². The van der Waals surface area contributed by atoms with Crippen molar-refractivity contribution in [3.8, 4) is 6.07 Å². The maximum Gasteiger partial charge on any atom is 0.145 e. The fourth-order valence-corrected chi connectivity index (χ4v) is 2.10. The molecule has 1 aliphatic rings. The standard InChI is InChI=1S/C13H16N2O/c14-9-13-11(5-4-8-15-13)10-16-12-6-2-1-3-7-12/h4-5,8,12H,1-3,6-7,10H2. The molecule has 1 saturated carbocycles. The van der Waals surface area contributed by atoms with Crippen LogP contribution >= 0.6 is 0 Å². The minimum Gasteiger partial charge on any atom is -0.373 e. The maximum absolute atomic E-state index is 8.89. The number of ether oxygens (including phenoxy) is 1. The first kappa shape index (κ1) is 11.1. The van der Waals surface area contributed by atoms with Gasteiger partial charge in [-0.2, -0.15) is 5.26 Å². The van der Waals surface area contributed by atoms with Gasteiger partial charge in [-0.1, -0.05) is 25.3 Å². The van der Waals surface area contributed by atoms with Crippen LogP contribution in [0.15, 0.2) is 18.3 Å². The predicted octanol–water partition coefficient (Wildman–Crippen LogP) is 2.80. The predicted molar refractivity (Wildman–Crippen MR) is 60.6 cm³/mol. The smallest absolute Gasteiger partial charge is 0.145 e. The molecule has 84 valence electrons. The van der Waals surface area contributed by atoms with E-state index in [0.29, 0.717) is 18.4 Å². The van der Waals surface area contributed by atoms with E-state index in [-0.39, 0.29) is 0 Å². The Labute approximate surface area is 96.1 Å². The molecule has 0 unspecified atom stereocenters. The van der Waals surface area contributed by atoms with E-state index in [0.717, 1.165) is 18.4 Å². The Bertz CT molecular complexity index is 378. The highest BCUT2D eigenvalue weighted by Crippen LogP contribution is 2.21. The van der Waals surface area contributed by atoms with Crippen LogP contribution in [0.25, 0.3) is 0 Å². The van der Waals surface area contributed by atoms with Crippen LogP contribution in [0.3, 0.4) is 0 Å². The van der Waals surface area contributed by atoms with Gasteiger partial charge in [0.05, 0.1) is 12.7 Å². The Kier molecular flexibility index (Phi) is 3.90. The Morgan fingerprint density at radius 2 is 2.19 bits per heavy atom. The molecule has 0 atom stereocenters. The Morgan fingerprint density at radius 3 is 2.94 bits per heavy atom. The van der Waals surface area contributed by atoms with Crippen molar-refractivity contribution in [3.63, 3.8) is 0 Å².